The minimum Gasteiger partial charge on any atom is -0.386 e. The van der Waals surface area contributed by atoms with Crippen LogP contribution in [-0.2, 0) is 0 Å². The van der Waals surface area contributed by atoms with Crippen molar-refractivity contribution >= 4 is 0 Å². The van der Waals surface area contributed by atoms with E-state index in [4.69, 9.17) is 5.11 Å². The van der Waals surface area contributed by atoms with Crippen LogP contribution in [0.5, 0.6) is 0 Å². The molecule has 0 aliphatic heterocycles. The average Bonchev–Trinajstić information content (AvgIpc) is 2.53. The molecule has 0 amide bonds. The Balaban J connectivity index is 1.99. The summed E-state index contributed by atoms with van der Waals surface area (Å²) >= 11 is 0. The van der Waals surface area contributed by atoms with Gasteiger partial charge in [0, 0.05) is 12.6 Å². The standard InChI is InChI=1S/C17H19F2NO/c1-12(20-11-16(21)17(18)19)13-7-9-15(10-8-13)14-5-3-2-4-6-14/h2-10,12,16-17,20-21H,11H2,1H3. The smallest absolute Gasteiger partial charge is 0.265 e. The predicted molar refractivity (Wildman–Crippen MR) is 80.3 cm³/mol. The summed E-state index contributed by atoms with van der Waals surface area (Å²) in [5.41, 5.74) is 3.24. The van der Waals surface area contributed by atoms with Gasteiger partial charge in [0.05, 0.1) is 0 Å². The predicted octanol–water partition coefficient (Wildman–Crippen LogP) is 3.63. The molecule has 21 heavy (non-hydrogen) atoms. The Labute approximate surface area is 123 Å². The lowest BCUT2D eigenvalue weighted by molar-refractivity contribution is -0.00439. The molecule has 2 aromatic rings. The summed E-state index contributed by atoms with van der Waals surface area (Å²) < 4.78 is 24.5. The molecule has 112 valence electrons. The van der Waals surface area contributed by atoms with Gasteiger partial charge in [-0.3, -0.25) is 0 Å². The van der Waals surface area contributed by atoms with Crippen molar-refractivity contribution in [2.75, 3.05) is 6.54 Å². The van der Waals surface area contributed by atoms with E-state index in [0.717, 1.165) is 16.7 Å². The van der Waals surface area contributed by atoms with Crippen LogP contribution in [-0.4, -0.2) is 24.2 Å². The number of halogens is 2. The second-order valence-corrected chi connectivity index (χ2v) is 5.02. The van der Waals surface area contributed by atoms with E-state index in [1.165, 1.54) is 0 Å². The van der Waals surface area contributed by atoms with Gasteiger partial charge in [-0.15, -0.1) is 0 Å². The van der Waals surface area contributed by atoms with E-state index in [1.807, 2.05) is 61.5 Å². The first kappa shape index (κ1) is 15.6. The molecule has 0 aliphatic carbocycles. The largest absolute Gasteiger partial charge is 0.386 e. The molecule has 0 fully saturated rings. The normalized spacial score (nSPS) is 14.1. The Bertz CT molecular complexity index is 542. The maximum atomic E-state index is 12.2. The van der Waals surface area contributed by atoms with Gasteiger partial charge >= 0.3 is 0 Å². The topological polar surface area (TPSA) is 32.3 Å². The highest BCUT2D eigenvalue weighted by Gasteiger charge is 2.17. The molecule has 0 spiro atoms. The lowest BCUT2D eigenvalue weighted by Crippen LogP contribution is -2.33. The van der Waals surface area contributed by atoms with Gasteiger partial charge in [-0.05, 0) is 23.6 Å². The van der Waals surface area contributed by atoms with Gasteiger partial charge < -0.3 is 10.4 Å². The molecule has 2 rings (SSSR count). The number of nitrogens with one attached hydrogen (secondary N) is 1. The van der Waals surface area contributed by atoms with E-state index in [1.54, 1.807) is 0 Å². The summed E-state index contributed by atoms with van der Waals surface area (Å²) in [7, 11) is 0. The molecule has 0 radical (unpaired) electrons. The molecule has 0 heterocycles. The maximum absolute atomic E-state index is 12.2. The van der Waals surface area contributed by atoms with Gasteiger partial charge in [-0.2, -0.15) is 0 Å². The third kappa shape index (κ3) is 4.34. The molecular formula is C17H19F2NO. The van der Waals surface area contributed by atoms with Crippen molar-refractivity contribution in [2.24, 2.45) is 0 Å². The number of hydrogen-bond donors (Lipinski definition) is 2. The van der Waals surface area contributed by atoms with Gasteiger partial charge in [-0.1, -0.05) is 54.6 Å². The second-order valence-electron chi connectivity index (χ2n) is 5.02. The van der Waals surface area contributed by atoms with Crippen molar-refractivity contribution < 1.29 is 13.9 Å². The second kappa shape index (κ2) is 7.29. The quantitative estimate of drug-likeness (QED) is 0.852. The summed E-state index contributed by atoms with van der Waals surface area (Å²) in [5.74, 6) is 0. The zero-order chi connectivity index (χ0) is 15.2. The first-order chi connectivity index (χ1) is 10.1. The molecule has 0 aliphatic rings. The molecule has 2 N–H and O–H groups in total. The van der Waals surface area contributed by atoms with Crippen molar-refractivity contribution in [3.63, 3.8) is 0 Å². The fourth-order valence-electron chi connectivity index (χ4n) is 2.10. The Kier molecular flexibility index (Phi) is 5.42. The van der Waals surface area contributed by atoms with E-state index in [2.05, 4.69) is 5.32 Å². The van der Waals surface area contributed by atoms with Crippen LogP contribution in [0.3, 0.4) is 0 Å². The summed E-state index contributed by atoms with van der Waals surface area (Å²) in [4.78, 5) is 0. The van der Waals surface area contributed by atoms with E-state index < -0.39 is 12.5 Å². The van der Waals surface area contributed by atoms with Crippen molar-refractivity contribution in [2.45, 2.75) is 25.5 Å². The average molecular weight is 291 g/mol. The van der Waals surface area contributed by atoms with Crippen LogP contribution in [0.2, 0.25) is 0 Å². The molecule has 0 aromatic heterocycles. The Morgan fingerprint density at radius 2 is 1.52 bits per heavy atom. The van der Waals surface area contributed by atoms with Gasteiger partial charge in [-0.25, -0.2) is 8.78 Å². The fourth-order valence-corrected chi connectivity index (χ4v) is 2.10. The van der Waals surface area contributed by atoms with E-state index >= 15 is 0 Å². The zero-order valence-electron chi connectivity index (χ0n) is 11.8. The van der Waals surface area contributed by atoms with Crippen LogP contribution < -0.4 is 5.32 Å². The maximum Gasteiger partial charge on any atom is 0.265 e. The van der Waals surface area contributed by atoms with Crippen molar-refractivity contribution in [1.29, 1.82) is 0 Å². The molecule has 2 atom stereocenters. The van der Waals surface area contributed by atoms with Crippen molar-refractivity contribution in [1.82, 2.24) is 5.32 Å². The highest BCUT2D eigenvalue weighted by molar-refractivity contribution is 5.63. The monoisotopic (exact) mass is 291 g/mol. The Hall–Kier alpha value is -1.78. The first-order valence-corrected chi connectivity index (χ1v) is 6.93. The van der Waals surface area contributed by atoms with Gasteiger partial charge in [0.15, 0.2) is 0 Å². The number of rotatable bonds is 6. The lowest BCUT2D eigenvalue weighted by atomic mass is 10.0. The number of aliphatic hydroxyl groups excluding tert-OH is 1. The van der Waals surface area contributed by atoms with Crippen LogP contribution >= 0.6 is 0 Å². The van der Waals surface area contributed by atoms with E-state index in [9.17, 15) is 8.78 Å². The van der Waals surface area contributed by atoms with Crippen molar-refractivity contribution in [3.05, 3.63) is 60.2 Å². The van der Waals surface area contributed by atoms with Gasteiger partial charge in [0.1, 0.15) is 6.10 Å². The number of benzene rings is 2. The number of alkyl halides is 2. The Morgan fingerprint density at radius 3 is 2.10 bits per heavy atom. The fraction of sp³-hybridized carbons (Fsp3) is 0.294. The molecule has 2 aromatic carbocycles. The highest BCUT2D eigenvalue weighted by Crippen LogP contribution is 2.21. The van der Waals surface area contributed by atoms with Crippen molar-refractivity contribution in [3.8, 4) is 11.1 Å². The molecule has 0 saturated heterocycles. The molecule has 0 saturated carbocycles. The van der Waals surface area contributed by atoms with E-state index in [-0.39, 0.29) is 12.6 Å². The molecule has 2 nitrogen and oxygen atoms in total. The van der Waals surface area contributed by atoms with Crippen LogP contribution in [0.25, 0.3) is 11.1 Å². The molecule has 0 bridgehead atoms. The summed E-state index contributed by atoms with van der Waals surface area (Å²) in [6, 6.07) is 17.9. The van der Waals surface area contributed by atoms with Crippen LogP contribution in [0.15, 0.2) is 54.6 Å². The van der Waals surface area contributed by atoms with E-state index in [0.29, 0.717) is 0 Å². The van der Waals surface area contributed by atoms with Gasteiger partial charge in [0.2, 0.25) is 0 Å². The third-order valence-corrected chi connectivity index (χ3v) is 3.44. The summed E-state index contributed by atoms with van der Waals surface area (Å²) in [6.45, 7) is 1.76. The van der Waals surface area contributed by atoms with Crippen LogP contribution in [0.1, 0.15) is 18.5 Å². The molecular weight excluding hydrogens is 272 g/mol. The van der Waals surface area contributed by atoms with Crippen LogP contribution in [0, 0.1) is 0 Å². The zero-order valence-corrected chi connectivity index (χ0v) is 11.8. The van der Waals surface area contributed by atoms with Crippen LogP contribution in [0.4, 0.5) is 8.78 Å². The number of hydrogen-bond acceptors (Lipinski definition) is 2. The highest BCUT2D eigenvalue weighted by atomic mass is 19.3. The lowest BCUT2D eigenvalue weighted by Gasteiger charge is -2.17. The Morgan fingerprint density at radius 1 is 0.952 bits per heavy atom. The first-order valence-electron chi connectivity index (χ1n) is 6.93. The summed E-state index contributed by atoms with van der Waals surface area (Å²) in [5, 5.41) is 12.0. The summed E-state index contributed by atoms with van der Waals surface area (Å²) in [6.07, 6.45) is -4.35. The number of aliphatic hydroxyl groups is 1. The minimum absolute atomic E-state index is 0.0942. The molecule has 4 heteroatoms. The van der Waals surface area contributed by atoms with Gasteiger partial charge in [0.25, 0.3) is 6.43 Å². The molecule has 2 unspecified atom stereocenters. The minimum atomic E-state index is -2.72. The SMILES string of the molecule is CC(NCC(O)C(F)F)c1ccc(-c2ccccc2)cc1. The third-order valence-electron chi connectivity index (χ3n) is 3.44.